The molecule has 190 valence electrons. The zero-order chi connectivity index (χ0) is 25.3. The lowest BCUT2D eigenvalue weighted by Crippen LogP contribution is -2.81. The number of carbonyl (C=O) groups is 1. The summed E-state index contributed by atoms with van der Waals surface area (Å²) in [5.74, 6) is 0.335. The normalized spacial score (nSPS) is 25.7. The molecule has 3 unspecified atom stereocenters. The van der Waals surface area contributed by atoms with Crippen molar-refractivity contribution in [2.75, 3.05) is 11.9 Å². The largest absolute Gasteiger partial charge is 0.477 e. The van der Waals surface area contributed by atoms with Crippen LogP contribution in [0.25, 0.3) is 11.1 Å². The Morgan fingerprint density at radius 2 is 2.14 bits per heavy atom. The molecule has 1 saturated carbocycles. The lowest BCUT2D eigenvalue weighted by molar-refractivity contribution is -0.207. The summed E-state index contributed by atoms with van der Waals surface area (Å²) in [5, 5.41) is 9.81. The number of aromatic nitrogens is 3. The third kappa shape index (κ3) is 3.59. The first-order chi connectivity index (χ1) is 17.9. The molecular formula is C27H25ClFN5O3. The van der Waals surface area contributed by atoms with Gasteiger partial charge in [0, 0.05) is 35.5 Å². The van der Waals surface area contributed by atoms with Crippen molar-refractivity contribution in [3.05, 3.63) is 69.0 Å². The van der Waals surface area contributed by atoms with Gasteiger partial charge in [0.2, 0.25) is 11.8 Å². The number of anilines is 1. The number of amides is 1. The van der Waals surface area contributed by atoms with E-state index in [2.05, 4.69) is 25.4 Å². The Balaban J connectivity index is 1.05. The second kappa shape index (κ2) is 8.36. The van der Waals surface area contributed by atoms with Crippen LogP contribution in [0, 0.1) is 11.7 Å². The number of fused-ring (bicyclic) bond motifs is 2. The van der Waals surface area contributed by atoms with Crippen LogP contribution < -0.4 is 15.6 Å². The van der Waals surface area contributed by atoms with Gasteiger partial charge in [-0.25, -0.2) is 14.5 Å². The molecule has 1 aromatic carbocycles. The van der Waals surface area contributed by atoms with E-state index in [-0.39, 0.29) is 29.2 Å². The Hall–Kier alpha value is -3.30. The number of ether oxygens (including phenoxy) is 1. The molecule has 0 spiro atoms. The molecule has 2 aromatic heterocycles. The average molecular weight is 522 g/mol. The molecule has 37 heavy (non-hydrogen) atoms. The first-order valence-corrected chi connectivity index (χ1v) is 13.1. The summed E-state index contributed by atoms with van der Waals surface area (Å²) in [6.07, 6.45) is 7.20. The second-order valence-corrected chi connectivity index (χ2v) is 11.0. The van der Waals surface area contributed by atoms with E-state index >= 15 is 4.39 Å². The van der Waals surface area contributed by atoms with Gasteiger partial charge in [0.1, 0.15) is 11.4 Å². The van der Waals surface area contributed by atoms with Crippen LogP contribution >= 0.6 is 11.6 Å². The number of benzene rings is 1. The Morgan fingerprint density at radius 3 is 2.89 bits per heavy atom. The topological polar surface area (TPSA) is 100 Å². The van der Waals surface area contributed by atoms with Crippen LogP contribution in [0.2, 0.25) is 5.02 Å². The standard InChI is InChI=1S/C27H25ClFN5O3/c28-19-9-21(20(29)8-18(19)15-4-5-24(30-12-15)37-13-14-2-1-3-14)31-26(36)27-10-17-6-16-7-23(35)32-33-25(16)22(11-27)34(17)27/h4-5,7-9,12,14,17,22H,1-3,6,10-11,13H2,(H,31,36)(H,32,35). The highest BCUT2D eigenvalue weighted by molar-refractivity contribution is 6.33. The van der Waals surface area contributed by atoms with Gasteiger partial charge in [-0.15, -0.1) is 0 Å². The maximum Gasteiger partial charge on any atom is 0.264 e. The Bertz CT molecular complexity index is 1470. The minimum Gasteiger partial charge on any atom is -0.477 e. The summed E-state index contributed by atoms with van der Waals surface area (Å²) in [6.45, 7) is 0.666. The van der Waals surface area contributed by atoms with Gasteiger partial charge >= 0.3 is 0 Å². The molecule has 8 nitrogen and oxygen atoms in total. The number of carbonyl (C=O) groups excluding carboxylic acids is 1. The molecule has 1 aliphatic carbocycles. The van der Waals surface area contributed by atoms with Crippen molar-refractivity contribution in [2.24, 2.45) is 5.92 Å². The molecule has 5 heterocycles. The fourth-order valence-corrected chi connectivity index (χ4v) is 6.60. The number of H-pyrrole nitrogens is 1. The Morgan fingerprint density at radius 1 is 1.27 bits per heavy atom. The van der Waals surface area contributed by atoms with E-state index in [1.807, 2.05) is 0 Å². The van der Waals surface area contributed by atoms with Gasteiger partial charge < -0.3 is 10.1 Å². The van der Waals surface area contributed by atoms with Crippen molar-refractivity contribution in [1.29, 1.82) is 0 Å². The van der Waals surface area contributed by atoms with Crippen LogP contribution in [0.4, 0.5) is 10.1 Å². The van der Waals surface area contributed by atoms with E-state index < -0.39 is 11.4 Å². The van der Waals surface area contributed by atoms with Gasteiger partial charge in [0.05, 0.1) is 29.1 Å². The molecule has 3 fully saturated rings. The molecule has 3 atom stereocenters. The van der Waals surface area contributed by atoms with Crippen LogP contribution in [0.15, 0.2) is 41.3 Å². The molecule has 1 amide bonds. The quantitative estimate of drug-likeness (QED) is 0.503. The summed E-state index contributed by atoms with van der Waals surface area (Å²) in [4.78, 5) is 31.4. The number of nitrogens with one attached hydrogen (secondary N) is 2. The summed E-state index contributed by atoms with van der Waals surface area (Å²) in [6, 6.07) is 8.12. The first kappa shape index (κ1) is 22.9. The highest BCUT2D eigenvalue weighted by Crippen LogP contribution is 2.61. The summed E-state index contributed by atoms with van der Waals surface area (Å²) in [5.41, 5.74) is 2.09. The van der Waals surface area contributed by atoms with Crippen molar-refractivity contribution in [3.8, 4) is 17.0 Å². The number of nitrogens with zero attached hydrogens (tertiary/aromatic N) is 3. The number of halogens is 2. The number of hydrogen-bond donors (Lipinski definition) is 2. The SMILES string of the molecule is O=C(Nc1cc(Cl)c(-c2ccc(OCC3CCC3)nc2)cc1F)C12CC3Cc4cc(=O)[nH]nc4C(C1)N32. The van der Waals surface area contributed by atoms with Crippen molar-refractivity contribution in [2.45, 2.75) is 56.1 Å². The van der Waals surface area contributed by atoms with Gasteiger partial charge in [0.25, 0.3) is 5.56 Å². The molecule has 2 N–H and O–H groups in total. The van der Waals surface area contributed by atoms with Crippen molar-refractivity contribution >= 4 is 23.2 Å². The summed E-state index contributed by atoms with van der Waals surface area (Å²) in [7, 11) is 0. The van der Waals surface area contributed by atoms with Crippen molar-refractivity contribution in [3.63, 3.8) is 0 Å². The van der Waals surface area contributed by atoms with Crippen LogP contribution in [-0.4, -0.2) is 44.2 Å². The number of rotatable bonds is 6. The van der Waals surface area contributed by atoms with Gasteiger partial charge in [-0.3, -0.25) is 14.5 Å². The monoisotopic (exact) mass is 521 g/mol. The second-order valence-electron chi connectivity index (χ2n) is 10.6. The van der Waals surface area contributed by atoms with Gasteiger partial charge in [-0.2, -0.15) is 5.10 Å². The lowest BCUT2D eigenvalue weighted by atomic mass is 9.59. The highest BCUT2D eigenvalue weighted by Gasteiger charge is 2.69. The van der Waals surface area contributed by atoms with Crippen LogP contribution in [-0.2, 0) is 11.2 Å². The van der Waals surface area contributed by atoms with Crippen LogP contribution in [0.3, 0.4) is 0 Å². The molecule has 0 radical (unpaired) electrons. The van der Waals surface area contributed by atoms with Crippen molar-refractivity contribution in [1.82, 2.24) is 20.1 Å². The minimum absolute atomic E-state index is 0.00548. The smallest absolute Gasteiger partial charge is 0.264 e. The van der Waals surface area contributed by atoms with Crippen LogP contribution in [0.5, 0.6) is 5.88 Å². The fourth-order valence-electron chi connectivity index (χ4n) is 6.33. The molecule has 10 heteroatoms. The Kier molecular flexibility index (Phi) is 5.17. The number of piperidine rings is 1. The predicted molar refractivity (Wildman–Crippen MR) is 135 cm³/mol. The molecule has 7 rings (SSSR count). The zero-order valence-electron chi connectivity index (χ0n) is 20.0. The molecule has 3 aromatic rings. The zero-order valence-corrected chi connectivity index (χ0v) is 20.7. The number of hydrogen-bond acceptors (Lipinski definition) is 6. The van der Waals surface area contributed by atoms with E-state index in [0.29, 0.717) is 53.8 Å². The van der Waals surface area contributed by atoms with Crippen molar-refractivity contribution < 1.29 is 13.9 Å². The predicted octanol–water partition coefficient (Wildman–Crippen LogP) is 4.26. The van der Waals surface area contributed by atoms with E-state index in [9.17, 15) is 9.59 Å². The van der Waals surface area contributed by atoms with E-state index in [4.69, 9.17) is 16.3 Å². The maximum absolute atomic E-state index is 15.1. The summed E-state index contributed by atoms with van der Waals surface area (Å²) >= 11 is 6.52. The molecule has 2 saturated heterocycles. The summed E-state index contributed by atoms with van der Waals surface area (Å²) < 4.78 is 20.9. The maximum atomic E-state index is 15.1. The molecule has 3 aliphatic heterocycles. The van der Waals surface area contributed by atoms with Crippen LogP contribution in [0.1, 0.15) is 49.4 Å². The minimum atomic E-state index is -0.679. The third-order valence-corrected chi connectivity index (χ3v) is 8.80. The third-order valence-electron chi connectivity index (χ3n) is 8.49. The average Bonchev–Trinajstić information content (AvgIpc) is 2.82. The highest BCUT2D eigenvalue weighted by atomic mass is 35.5. The van der Waals surface area contributed by atoms with E-state index in [1.165, 1.54) is 31.4 Å². The van der Waals surface area contributed by atoms with E-state index in [0.717, 1.165) is 11.3 Å². The number of pyridine rings is 1. The molecular weight excluding hydrogens is 497 g/mol. The first-order valence-electron chi connectivity index (χ1n) is 12.7. The van der Waals surface area contributed by atoms with Gasteiger partial charge in [-0.05, 0) is 61.8 Å². The fraction of sp³-hybridized carbons (Fsp3) is 0.407. The number of aromatic amines is 1. The Labute approximate surface area is 217 Å². The molecule has 0 bridgehead atoms. The van der Waals surface area contributed by atoms with E-state index in [1.54, 1.807) is 24.4 Å². The molecule has 4 aliphatic rings. The van der Waals surface area contributed by atoms with Gasteiger partial charge in [-0.1, -0.05) is 18.0 Å². The lowest BCUT2D eigenvalue weighted by Gasteiger charge is -2.70. The van der Waals surface area contributed by atoms with Gasteiger partial charge in [0.15, 0.2) is 0 Å².